The summed E-state index contributed by atoms with van der Waals surface area (Å²) in [6.45, 7) is 3.66. The molecule has 5 nitrogen and oxygen atoms in total. The van der Waals surface area contributed by atoms with Crippen molar-refractivity contribution in [2.45, 2.75) is 57.3 Å². The molecule has 132 valence electrons. The monoisotopic (exact) mass is 338 g/mol. The van der Waals surface area contributed by atoms with E-state index in [1.54, 1.807) is 6.20 Å². The zero-order valence-corrected chi connectivity index (χ0v) is 14.9. The quantitative estimate of drug-likeness (QED) is 0.926. The number of carbonyl (C=O) groups excluding carboxylic acids is 1. The summed E-state index contributed by atoms with van der Waals surface area (Å²) < 4.78 is 0. The molecule has 2 aromatic heterocycles. The third kappa shape index (κ3) is 3.20. The average Bonchev–Trinajstić information content (AvgIpc) is 3.32. The number of rotatable bonds is 3. The molecule has 5 heteroatoms. The van der Waals surface area contributed by atoms with E-state index in [9.17, 15) is 4.79 Å². The highest BCUT2D eigenvalue weighted by atomic mass is 16.2. The molecule has 4 rings (SSSR count). The lowest BCUT2D eigenvalue weighted by Crippen LogP contribution is -2.29. The van der Waals surface area contributed by atoms with E-state index < -0.39 is 0 Å². The first-order valence-electron chi connectivity index (χ1n) is 9.48. The third-order valence-electron chi connectivity index (χ3n) is 5.82. The molecular formula is C20H26N4O. The van der Waals surface area contributed by atoms with E-state index in [0.29, 0.717) is 11.8 Å². The number of carbonyl (C=O) groups is 1. The molecule has 0 radical (unpaired) electrons. The highest BCUT2D eigenvalue weighted by Crippen LogP contribution is 2.34. The van der Waals surface area contributed by atoms with Crippen molar-refractivity contribution in [1.82, 2.24) is 20.1 Å². The molecule has 3 heterocycles. The topological polar surface area (TPSA) is 61.9 Å². The summed E-state index contributed by atoms with van der Waals surface area (Å²) >= 11 is 0. The molecular weight excluding hydrogens is 312 g/mol. The first kappa shape index (κ1) is 16.3. The number of aromatic amines is 1. The lowest BCUT2D eigenvalue weighted by Gasteiger charge is -2.23. The molecule has 0 bridgehead atoms. The highest BCUT2D eigenvalue weighted by Gasteiger charge is 2.32. The summed E-state index contributed by atoms with van der Waals surface area (Å²) in [5.41, 5.74) is 4.19. The molecule has 2 fully saturated rings. The summed E-state index contributed by atoms with van der Waals surface area (Å²) in [5.74, 6) is 0.937. The van der Waals surface area contributed by atoms with E-state index >= 15 is 0 Å². The van der Waals surface area contributed by atoms with Crippen LogP contribution >= 0.6 is 0 Å². The molecule has 25 heavy (non-hydrogen) atoms. The van der Waals surface area contributed by atoms with Gasteiger partial charge in [0.25, 0.3) is 5.91 Å². The lowest BCUT2D eigenvalue weighted by atomic mass is 9.85. The van der Waals surface area contributed by atoms with Gasteiger partial charge < -0.3 is 4.90 Å². The first-order valence-corrected chi connectivity index (χ1v) is 9.48. The fraction of sp³-hybridized carbons (Fsp3) is 0.550. The number of H-pyrrole nitrogens is 1. The van der Waals surface area contributed by atoms with E-state index in [1.165, 1.54) is 24.8 Å². The van der Waals surface area contributed by atoms with Crippen molar-refractivity contribution in [1.29, 1.82) is 0 Å². The molecule has 2 aliphatic rings. The summed E-state index contributed by atoms with van der Waals surface area (Å²) in [7, 11) is 0. The zero-order valence-electron chi connectivity index (χ0n) is 14.9. The Morgan fingerprint density at radius 3 is 2.84 bits per heavy atom. The van der Waals surface area contributed by atoms with E-state index in [4.69, 9.17) is 0 Å². The Balaban J connectivity index is 1.49. The van der Waals surface area contributed by atoms with Crippen LogP contribution in [0.25, 0.3) is 0 Å². The van der Waals surface area contributed by atoms with Crippen molar-refractivity contribution >= 4 is 5.91 Å². The molecule has 2 aromatic rings. The minimum atomic E-state index is 0.130. The molecule has 1 saturated heterocycles. The summed E-state index contributed by atoms with van der Waals surface area (Å²) in [6.07, 6.45) is 10.7. The predicted octanol–water partition coefficient (Wildman–Crippen LogP) is 3.79. The van der Waals surface area contributed by atoms with Crippen molar-refractivity contribution in [3.63, 3.8) is 0 Å². The molecule has 1 unspecified atom stereocenters. The van der Waals surface area contributed by atoms with E-state index in [-0.39, 0.29) is 5.91 Å². The minimum Gasteiger partial charge on any atom is -0.338 e. The van der Waals surface area contributed by atoms with Gasteiger partial charge in [-0.05, 0) is 37.8 Å². The number of hydrogen-bond donors (Lipinski definition) is 1. The van der Waals surface area contributed by atoms with Crippen LogP contribution in [-0.4, -0.2) is 39.1 Å². The molecule has 1 N–H and O–H groups in total. The Kier molecular flexibility index (Phi) is 4.55. The Bertz CT molecular complexity index is 748. The van der Waals surface area contributed by atoms with Crippen LogP contribution in [0.1, 0.15) is 77.7 Å². The average molecular weight is 338 g/mol. The molecule has 0 aromatic carbocycles. The van der Waals surface area contributed by atoms with Crippen LogP contribution in [-0.2, 0) is 0 Å². The molecule has 0 spiro atoms. The number of pyridine rings is 1. The molecule has 1 amide bonds. The standard InChI is InChI=1S/C20H26N4O/c1-14-6-5-10-21-18(14)16-9-11-24(13-16)20(25)17-12-22-23-19(17)15-7-3-2-4-8-15/h5-6,10,12,15-16H,2-4,7-9,11,13H2,1H3,(H,22,23). The zero-order chi connectivity index (χ0) is 17.2. The molecule has 1 atom stereocenters. The van der Waals surface area contributed by atoms with Crippen LogP contribution < -0.4 is 0 Å². The van der Waals surface area contributed by atoms with Gasteiger partial charge in [0.2, 0.25) is 0 Å². The fourth-order valence-corrected chi connectivity index (χ4v) is 4.43. The van der Waals surface area contributed by atoms with Gasteiger partial charge in [-0.1, -0.05) is 25.3 Å². The number of hydrogen-bond acceptors (Lipinski definition) is 3. The first-order chi connectivity index (χ1) is 12.2. The second-order valence-electron chi connectivity index (χ2n) is 7.47. The van der Waals surface area contributed by atoms with Gasteiger partial charge >= 0.3 is 0 Å². The van der Waals surface area contributed by atoms with Crippen molar-refractivity contribution in [2.24, 2.45) is 0 Å². The van der Waals surface area contributed by atoms with Gasteiger partial charge in [0.15, 0.2) is 0 Å². The summed E-state index contributed by atoms with van der Waals surface area (Å²) in [5, 5.41) is 7.32. The molecule has 1 saturated carbocycles. The summed E-state index contributed by atoms with van der Waals surface area (Å²) in [4.78, 5) is 19.6. The maximum atomic E-state index is 13.1. The smallest absolute Gasteiger partial charge is 0.257 e. The van der Waals surface area contributed by atoms with Gasteiger partial charge in [-0.2, -0.15) is 5.10 Å². The van der Waals surface area contributed by atoms with Gasteiger partial charge in [0.05, 0.1) is 17.5 Å². The van der Waals surface area contributed by atoms with Gasteiger partial charge in [-0.25, -0.2) is 0 Å². The predicted molar refractivity (Wildman–Crippen MR) is 96.6 cm³/mol. The van der Waals surface area contributed by atoms with Crippen LogP contribution in [0.4, 0.5) is 0 Å². The Morgan fingerprint density at radius 2 is 2.04 bits per heavy atom. The van der Waals surface area contributed by atoms with E-state index in [2.05, 4.69) is 28.2 Å². The Labute approximate surface area is 148 Å². The van der Waals surface area contributed by atoms with E-state index in [0.717, 1.165) is 49.3 Å². The number of amides is 1. The van der Waals surface area contributed by atoms with E-state index in [1.807, 2.05) is 17.2 Å². The number of nitrogens with one attached hydrogen (secondary N) is 1. The number of aryl methyl sites for hydroxylation is 1. The Morgan fingerprint density at radius 1 is 1.20 bits per heavy atom. The van der Waals surface area contributed by atoms with Crippen LogP contribution in [0, 0.1) is 6.92 Å². The van der Waals surface area contributed by atoms with Crippen LogP contribution in [0.2, 0.25) is 0 Å². The largest absolute Gasteiger partial charge is 0.338 e. The maximum absolute atomic E-state index is 13.1. The van der Waals surface area contributed by atoms with Gasteiger partial charge in [-0.3, -0.25) is 14.9 Å². The third-order valence-corrected chi connectivity index (χ3v) is 5.82. The molecule has 1 aliphatic heterocycles. The molecule has 1 aliphatic carbocycles. The van der Waals surface area contributed by atoms with Crippen molar-refractivity contribution in [3.8, 4) is 0 Å². The Hall–Kier alpha value is -2.17. The van der Waals surface area contributed by atoms with Crippen LogP contribution in [0.3, 0.4) is 0 Å². The van der Waals surface area contributed by atoms with Gasteiger partial charge in [0.1, 0.15) is 0 Å². The SMILES string of the molecule is Cc1cccnc1C1CCN(C(=O)c2cn[nH]c2C2CCCCC2)C1. The fourth-order valence-electron chi connectivity index (χ4n) is 4.43. The minimum absolute atomic E-state index is 0.130. The van der Waals surface area contributed by atoms with Crippen molar-refractivity contribution in [2.75, 3.05) is 13.1 Å². The van der Waals surface area contributed by atoms with Crippen molar-refractivity contribution in [3.05, 3.63) is 47.0 Å². The highest BCUT2D eigenvalue weighted by molar-refractivity contribution is 5.95. The van der Waals surface area contributed by atoms with Crippen LogP contribution in [0.15, 0.2) is 24.5 Å². The van der Waals surface area contributed by atoms with Gasteiger partial charge in [0, 0.05) is 36.8 Å². The van der Waals surface area contributed by atoms with Crippen LogP contribution in [0.5, 0.6) is 0 Å². The second kappa shape index (κ2) is 6.98. The normalized spacial score (nSPS) is 21.6. The maximum Gasteiger partial charge on any atom is 0.257 e. The lowest BCUT2D eigenvalue weighted by molar-refractivity contribution is 0.0788. The number of nitrogens with zero attached hydrogens (tertiary/aromatic N) is 3. The number of aromatic nitrogens is 3. The number of likely N-dealkylation sites (tertiary alicyclic amines) is 1. The second-order valence-corrected chi connectivity index (χ2v) is 7.47. The van der Waals surface area contributed by atoms with Crippen molar-refractivity contribution < 1.29 is 4.79 Å². The summed E-state index contributed by atoms with van der Waals surface area (Å²) in [6, 6.07) is 4.07. The van der Waals surface area contributed by atoms with Gasteiger partial charge in [-0.15, -0.1) is 0 Å².